The molecule has 0 spiro atoms. The highest BCUT2D eigenvalue weighted by Crippen LogP contribution is 2.17. The third kappa shape index (κ3) is 2.98. The lowest BCUT2D eigenvalue weighted by molar-refractivity contribution is 0.0942. The van der Waals surface area contributed by atoms with E-state index < -0.39 is 0 Å². The van der Waals surface area contributed by atoms with Crippen LogP contribution in [0.5, 0.6) is 0 Å². The first-order chi connectivity index (χ1) is 7.75. The van der Waals surface area contributed by atoms with Gasteiger partial charge in [0.2, 0.25) is 0 Å². The molecule has 0 bridgehead atoms. The molecule has 1 amide bonds. The highest BCUT2D eigenvalue weighted by atomic mass is 79.9. The fourth-order valence-corrected chi connectivity index (χ4v) is 2.22. The summed E-state index contributed by atoms with van der Waals surface area (Å²) in [5.74, 6) is 0.563. The summed E-state index contributed by atoms with van der Waals surface area (Å²) >= 11 is 3.31. The number of aromatic amines is 1. The second-order valence-electron chi connectivity index (χ2n) is 4.09. The zero-order valence-electron chi connectivity index (χ0n) is 9.00. The number of carbonyl (C=O) groups excluding carboxylic acids is 1. The van der Waals surface area contributed by atoms with Crippen LogP contribution in [0.2, 0.25) is 0 Å². The van der Waals surface area contributed by atoms with Crippen molar-refractivity contribution in [2.45, 2.75) is 19.3 Å². The Bertz CT molecular complexity index is 397. The predicted octanol–water partition coefficient (Wildman–Crippen LogP) is 2.86. The van der Waals surface area contributed by atoms with Gasteiger partial charge in [0.15, 0.2) is 0 Å². The number of hydrogen-bond donors (Lipinski definition) is 2. The molecule has 2 N–H and O–H groups in total. The first kappa shape index (κ1) is 11.5. The zero-order chi connectivity index (χ0) is 11.4. The maximum absolute atomic E-state index is 11.7. The lowest BCUT2D eigenvalue weighted by atomic mass is 9.94. The Morgan fingerprint density at radius 1 is 1.56 bits per heavy atom. The van der Waals surface area contributed by atoms with E-state index in [0.29, 0.717) is 11.6 Å². The van der Waals surface area contributed by atoms with Crippen LogP contribution in [0, 0.1) is 5.92 Å². The Morgan fingerprint density at radius 3 is 3.06 bits per heavy atom. The second kappa shape index (κ2) is 5.34. The number of nitrogens with one attached hydrogen (secondary N) is 2. The standard InChI is InChI=1S/C12H15BrN2O/c13-10-6-11(14-8-10)12(16)15-7-9-4-2-1-3-5-9/h1-2,6,8-9,14H,3-5,7H2,(H,15,16). The first-order valence-corrected chi connectivity index (χ1v) is 6.32. The summed E-state index contributed by atoms with van der Waals surface area (Å²) in [5, 5.41) is 2.96. The van der Waals surface area contributed by atoms with Crippen molar-refractivity contribution < 1.29 is 4.79 Å². The number of halogens is 1. The van der Waals surface area contributed by atoms with Gasteiger partial charge < -0.3 is 10.3 Å². The van der Waals surface area contributed by atoms with Crippen molar-refractivity contribution in [3.05, 3.63) is 34.6 Å². The van der Waals surface area contributed by atoms with E-state index in [-0.39, 0.29) is 5.91 Å². The monoisotopic (exact) mass is 282 g/mol. The summed E-state index contributed by atoms with van der Waals surface area (Å²) in [4.78, 5) is 14.6. The molecule has 1 aromatic heterocycles. The number of rotatable bonds is 3. The summed E-state index contributed by atoms with van der Waals surface area (Å²) in [7, 11) is 0. The molecule has 0 saturated heterocycles. The quantitative estimate of drug-likeness (QED) is 0.823. The van der Waals surface area contributed by atoms with Crippen LogP contribution < -0.4 is 5.32 Å². The molecule has 1 aromatic rings. The average Bonchev–Trinajstić information content (AvgIpc) is 2.74. The fourth-order valence-electron chi connectivity index (χ4n) is 1.87. The number of amides is 1. The van der Waals surface area contributed by atoms with Gasteiger partial charge in [-0.05, 0) is 47.2 Å². The van der Waals surface area contributed by atoms with Gasteiger partial charge in [-0.2, -0.15) is 0 Å². The molecule has 3 nitrogen and oxygen atoms in total. The van der Waals surface area contributed by atoms with Crippen LogP contribution in [0.1, 0.15) is 29.8 Å². The topological polar surface area (TPSA) is 44.9 Å². The smallest absolute Gasteiger partial charge is 0.267 e. The molecule has 4 heteroatoms. The van der Waals surface area contributed by atoms with Crippen LogP contribution >= 0.6 is 15.9 Å². The van der Waals surface area contributed by atoms with Gasteiger partial charge in [-0.25, -0.2) is 0 Å². The summed E-state index contributed by atoms with van der Waals surface area (Å²) < 4.78 is 0.901. The Balaban J connectivity index is 1.81. The van der Waals surface area contributed by atoms with Crippen molar-refractivity contribution in [3.63, 3.8) is 0 Å². The number of carbonyl (C=O) groups is 1. The molecule has 1 atom stereocenters. The van der Waals surface area contributed by atoms with Crippen molar-refractivity contribution in [2.75, 3.05) is 6.54 Å². The molecule has 1 unspecified atom stereocenters. The number of allylic oxidation sites excluding steroid dienone is 2. The van der Waals surface area contributed by atoms with E-state index in [1.807, 2.05) is 0 Å². The zero-order valence-corrected chi connectivity index (χ0v) is 10.6. The van der Waals surface area contributed by atoms with Gasteiger partial charge in [0.05, 0.1) is 0 Å². The van der Waals surface area contributed by atoms with Crippen LogP contribution in [0.4, 0.5) is 0 Å². The van der Waals surface area contributed by atoms with Gasteiger partial charge in [0.1, 0.15) is 5.69 Å². The molecule has 16 heavy (non-hydrogen) atoms. The third-order valence-electron chi connectivity index (χ3n) is 2.82. The van der Waals surface area contributed by atoms with Crippen LogP contribution in [-0.2, 0) is 0 Å². The van der Waals surface area contributed by atoms with Gasteiger partial charge in [0.25, 0.3) is 5.91 Å². The predicted molar refractivity (Wildman–Crippen MR) is 67.3 cm³/mol. The molecule has 0 fully saturated rings. The molecule has 0 saturated carbocycles. The minimum absolute atomic E-state index is 0.0275. The molecule has 2 rings (SSSR count). The summed E-state index contributed by atoms with van der Waals surface area (Å²) in [6.07, 6.45) is 9.55. The van der Waals surface area contributed by atoms with Crippen molar-refractivity contribution in [1.29, 1.82) is 0 Å². The molecule has 1 aliphatic carbocycles. The summed E-state index contributed by atoms with van der Waals surface area (Å²) in [5.41, 5.74) is 0.609. The molecule has 0 radical (unpaired) electrons. The highest BCUT2D eigenvalue weighted by molar-refractivity contribution is 9.10. The Hall–Kier alpha value is -1.03. The largest absolute Gasteiger partial charge is 0.356 e. The Morgan fingerprint density at radius 2 is 2.44 bits per heavy atom. The van der Waals surface area contributed by atoms with E-state index in [0.717, 1.165) is 23.9 Å². The lowest BCUT2D eigenvalue weighted by Crippen LogP contribution is -2.29. The summed E-state index contributed by atoms with van der Waals surface area (Å²) in [6, 6.07) is 1.79. The fraction of sp³-hybridized carbons (Fsp3) is 0.417. The maximum atomic E-state index is 11.7. The van der Waals surface area contributed by atoms with Crippen LogP contribution in [0.25, 0.3) is 0 Å². The van der Waals surface area contributed by atoms with Gasteiger partial charge >= 0.3 is 0 Å². The molecule has 0 aromatic carbocycles. The molecular formula is C12H15BrN2O. The minimum Gasteiger partial charge on any atom is -0.356 e. The molecular weight excluding hydrogens is 268 g/mol. The van der Waals surface area contributed by atoms with E-state index in [9.17, 15) is 4.79 Å². The van der Waals surface area contributed by atoms with Crippen molar-refractivity contribution >= 4 is 21.8 Å². The number of H-pyrrole nitrogens is 1. The summed E-state index contributed by atoms with van der Waals surface area (Å²) in [6.45, 7) is 0.764. The van der Waals surface area contributed by atoms with E-state index in [2.05, 4.69) is 38.4 Å². The molecule has 1 aliphatic rings. The van der Waals surface area contributed by atoms with Crippen LogP contribution in [-0.4, -0.2) is 17.4 Å². The highest BCUT2D eigenvalue weighted by Gasteiger charge is 2.12. The number of hydrogen-bond acceptors (Lipinski definition) is 1. The van der Waals surface area contributed by atoms with E-state index in [4.69, 9.17) is 0 Å². The van der Waals surface area contributed by atoms with Gasteiger partial charge in [-0.3, -0.25) is 4.79 Å². The lowest BCUT2D eigenvalue weighted by Gasteiger charge is -2.17. The van der Waals surface area contributed by atoms with Gasteiger partial charge in [0, 0.05) is 17.2 Å². The van der Waals surface area contributed by atoms with Crippen LogP contribution in [0.15, 0.2) is 28.9 Å². The van der Waals surface area contributed by atoms with Crippen molar-refractivity contribution in [2.24, 2.45) is 5.92 Å². The van der Waals surface area contributed by atoms with Crippen molar-refractivity contribution in [3.8, 4) is 0 Å². The van der Waals surface area contributed by atoms with E-state index >= 15 is 0 Å². The van der Waals surface area contributed by atoms with Gasteiger partial charge in [-0.1, -0.05) is 12.2 Å². The van der Waals surface area contributed by atoms with Crippen molar-refractivity contribution in [1.82, 2.24) is 10.3 Å². The minimum atomic E-state index is -0.0275. The average molecular weight is 283 g/mol. The van der Waals surface area contributed by atoms with Gasteiger partial charge in [-0.15, -0.1) is 0 Å². The third-order valence-corrected chi connectivity index (χ3v) is 3.28. The molecule has 0 aliphatic heterocycles. The molecule has 1 heterocycles. The second-order valence-corrected chi connectivity index (χ2v) is 5.01. The normalized spacial score (nSPS) is 19.7. The van der Waals surface area contributed by atoms with Crippen LogP contribution in [0.3, 0.4) is 0 Å². The molecule has 86 valence electrons. The van der Waals surface area contributed by atoms with E-state index in [1.165, 1.54) is 6.42 Å². The Labute approximate surface area is 103 Å². The first-order valence-electron chi connectivity index (χ1n) is 5.53. The number of aromatic nitrogens is 1. The SMILES string of the molecule is O=C(NCC1CC=CCC1)c1cc(Br)c[nH]1. The maximum Gasteiger partial charge on any atom is 0.267 e. The Kier molecular flexibility index (Phi) is 3.83. The van der Waals surface area contributed by atoms with E-state index in [1.54, 1.807) is 12.3 Å².